The summed E-state index contributed by atoms with van der Waals surface area (Å²) in [5.74, 6) is -0.0104. The molecule has 1 fully saturated rings. The fourth-order valence-corrected chi connectivity index (χ4v) is 4.38. The van der Waals surface area contributed by atoms with Crippen LogP contribution >= 0.6 is 0 Å². The van der Waals surface area contributed by atoms with Crippen LogP contribution in [0.5, 0.6) is 0 Å². The Morgan fingerprint density at radius 2 is 1.94 bits per heavy atom. The predicted molar refractivity (Wildman–Crippen MR) is 118 cm³/mol. The number of benzene rings is 1. The molecular formula is C25H22F3N3O3. The highest BCUT2D eigenvalue weighted by Crippen LogP contribution is 2.44. The van der Waals surface area contributed by atoms with E-state index in [1.807, 2.05) is 6.92 Å². The molecule has 0 bridgehead atoms. The van der Waals surface area contributed by atoms with Gasteiger partial charge in [0.1, 0.15) is 11.4 Å². The lowest BCUT2D eigenvalue weighted by molar-refractivity contribution is -0.138. The van der Waals surface area contributed by atoms with E-state index in [-0.39, 0.29) is 18.8 Å². The number of fused-ring (bicyclic) bond motifs is 1. The Labute approximate surface area is 193 Å². The Morgan fingerprint density at radius 1 is 1.18 bits per heavy atom. The van der Waals surface area contributed by atoms with E-state index in [1.165, 1.54) is 6.07 Å². The monoisotopic (exact) mass is 469 g/mol. The second-order valence-corrected chi connectivity index (χ2v) is 8.81. The predicted octanol–water partition coefficient (Wildman–Crippen LogP) is 5.72. The minimum Gasteiger partial charge on any atom is -0.481 e. The average Bonchev–Trinajstić information content (AvgIpc) is 3.46. The average molecular weight is 469 g/mol. The van der Waals surface area contributed by atoms with E-state index in [2.05, 4.69) is 10.1 Å². The summed E-state index contributed by atoms with van der Waals surface area (Å²) >= 11 is 0. The number of aromatic nitrogens is 3. The lowest BCUT2D eigenvalue weighted by Gasteiger charge is -2.14. The van der Waals surface area contributed by atoms with Crippen LogP contribution in [0.1, 0.15) is 58.3 Å². The summed E-state index contributed by atoms with van der Waals surface area (Å²) in [6.07, 6.45) is -0.830. The second-order valence-electron chi connectivity index (χ2n) is 8.81. The van der Waals surface area contributed by atoms with Crippen LogP contribution in [-0.4, -0.2) is 25.6 Å². The van der Waals surface area contributed by atoms with Gasteiger partial charge in [-0.15, -0.1) is 0 Å². The highest BCUT2D eigenvalue weighted by atomic mass is 19.4. The topological polar surface area (TPSA) is 80.6 Å². The zero-order valence-electron chi connectivity index (χ0n) is 18.6. The molecule has 1 aliphatic carbocycles. The number of aliphatic carboxylic acids is 1. The van der Waals surface area contributed by atoms with Crippen LogP contribution in [0.15, 0.2) is 41.1 Å². The number of carboxylic acid groups (broad SMARTS) is 1. The molecule has 0 saturated heterocycles. The lowest BCUT2D eigenvalue weighted by Crippen LogP contribution is -2.07. The number of nitrogens with zero attached hydrogens (tertiary/aromatic N) is 3. The van der Waals surface area contributed by atoms with Gasteiger partial charge >= 0.3 is 12.1 Å². The standard InChI is InChI=1S/C25H22F3N3O3/c1-13-7-8-31-18(12-22(32)33)11-21(24(31)29-13)19-6-5-17(25(26,27)28)9-16(19)10-20-14(2)30-34-23(20)15-3-4-15/h5-9,11,15H,3-4,10,12H2,1-2H3,(H,32,33). The van der Waals surface area contributed by atoms with Crippen molar-refractivity contribution in [1.82, 2.24) is 14.5 Å². The lowest BCUT2D eigenvalue weighted by atomic mass is 9.92. The summed E-state index contributed by atoms with van der Waals surface area (Å²) < 4.78 is 48.0. The second kappa shape index (κ2) is 8.00. The third-order valence-corrected chi connectivity index (χ3v) is 6.22. The Hall–Kier alpha value is -3.62. The number of rotatable bonds is 6. The smallest absolute Gasteiger partial charge is 0.416 e. The van der Waals surface area contributed by atoms with E-state index in [1.54, 1.807) is 29.7 Å². The van der Waals surface area contributed by atoms with Gasteiger partial charge in [-0.1, -0.05) is 11.2 Å². The van der Waals surface area contributed by atoms with Crippen LogP contribution in [0.25, 0.3) is 16.8 Å². The molecule has 5 rings (SSSR count). The summed E-state index contributed by atoms with van der Waals surface area (Å²) in [7, 11) is 0. The molecule has 0 spiro atoms. The maximum Gasteiger partial charge on any atom is 0.416 e. The summed E-state index contributed by atoms with van der Waals surface area (Å²) in [6.45, 7) is 3.60. The molecule has 4 aromatic rings. The summed E-state index contributed by atoms with van der Waals surface area (Å²) in [5.41, 5.74) is 4.06. The molecule has 176 valence electrons. The molecule has 0 amide bonds. The number of carboxylic acids is 1. The van der Waals surface area contributed by atoms with Crippen LogP contribution < -0.4 is 0 Å². The first-order valence-electron chi connectivity index (χ1n) is 11.0. The van der Waals surface area contributed by atoms with Crippen molar-refractivity contribution in [3.8, 4) is 11.1 Å². The van der Waals surface area contributed by atoms with Gasteiger partial charge in [0.05, 0.1) is 17.7 Å². The van der Waals surface area contributed by atoms with Crippen LogP contribution in [0.4, 0.5) is 13.2 Å². The van der Waals surface area contributed by atoms with Crippen molar-refractivity contribution >= 4 is 11.6 Å². The number of hydrogen-bond acceptors (Lipinski definition) is 4. The van der Waals surface area contributed by atoms with Gasteiger partial charge in [0, 0.05) is 41.1 Å². The van der Waals surface area contributed by atoms with E-state index in [9.17, 15) is 23.1 Å². The molecule has 1 saturated carbocycles. The molecule has 34 heavy (non-hydrogen) atoms. The fraction of sp³-hybridized carbons (Fsp3) is 0.320. The van der Waals surface area contributed by atoms with Crippen LogP contribution in [0.3, 0.4) is 0 Å². The molecule has 3 heterocycles. The van der Waals surface area contributed by atoms with Gasteiger partial charge < -0.3 is 14.0 Å². The zero-order valence-corrected chi connectivity index (χ0v) is 18.6. The number of halogens is 3. The third kappa shape index (κ3) is 4.06. The van der Waals surface area contributed by atoms with Crippen molar-refractivity contribution in [3.05, 3.63) is 76.1 Å². The fourth-order valence-electron chi connectivity index (χ4n) is 4.38. The van der Waals surface area contributed by atoms with Gasteiger partial charge in [-0.25, -0.2) is 4.98 Å². The molecular weight excluding hydrogens is 447 g/mol. The van der Waals surface area contributed by atoms with Crippen molar-refractivity contribution in [2.24, 2.45) is 0 Å². The first-order chi connectivity index (χ1) is 16.1. The largest absolute Gasteiger partial charge is 0.481 e. The quantitative estimate of drug-likeness (QED) is 0.391. The van der Waals surface area contributed by atoms with Crippen molar-refractivity contribution in [3.63, 3.8) is 0 Å². The molecule has 6 nitrogen and oxygen atoms in total. The Kier molecular flexibility index (Phi) is 5.22. The van der Waals surface area contributed by atoms with Gasteiger partial charge in [0.15, 0.2) is 0 Å². The van der Waals surface area contributed by atoms with Gasteiger partial charge in [-0.05, 0) is 62.1 Å². The van der Waals surface area contributed by atoms with Gasteiger partial charge in [0.25, 0.3) is 0 Å². The van der Waals surface area contributed by atoms with Crippen LogP contribution in [0, 0.1) is 13.8 Å². The Morgan fingerprint density at radius 3 is 2.62 bits per heavy atom. The highest BCUT2D eigenvalue weighted by Gasteiger charge is 2.34. The molecule has 0 radical (unpaired) electrons. The first kappa shape index (κ1) is 22.2. The van der Waals surface area contributed by atoms with E-state index in [4.69, 9.17) is 4.52 Å². The number of aryl methyl sites for hydroxylation is 2. The van der Waals surface area contributed by atoms with Crippen molar-refractivity contribution < 1.29 is 27.6 Å². The number of alkyl halides is 3. The molecule has 9 heteroatoms. The molecule has 1 aliphatic rings. The van der Waals surface area contributed by atoms with E-state index < -0.39 is 17.7 Å². The number of hydrogen-bond donors (Lipinski definition) is 1. The molecule has 1 N–H and O–H groups in total. The minimum absolute atomic E-state index is 0.220. The summed E-state index contributed by atoms with van der Waals surface area (Å²) in [5, 5.41) is 13.4. The van der Waals surface area contributed by atoms with Crippen molar-refractivity contribution in [2.75, 3.05) is 0 Å². The number of carbonyl (C=O) groups is 1. The third-order valence-electron chi connectivity index (χ3n) is 6.22. The van der Waals surface area contributed by atoms with Crippen LogP contribution in [-0.2, 0) is 23.8 Å². The van der Waals surface area contributed by atoms with E-state index in [0.717, 1.165) is 36.3 Å². The van der Waals surface area contributed by atoms with Crippen LogP contribution in [0.2, 0.25) is 0 Å². The highest BCUT2D eigenvalue weighted by molar-refractivity contribution is 5.83. The van der Waals surface area contributed by atoms with Gasteiger partial charge in [-0.2, -0.15) is 13.2 Å². The molecule has 0 atom stereocenters. The Balaban J connectivity index is 1.71. The minimum atomic E-state index is -4.50. The van der Waals surface area contributed by atoms with Gasteiger partial charge in [0.2, 0.25) is 0 Å². The maximum atomic E-state index is 13.6. The zero-order chi connectivity index (χ0) is 24.2. The normalized spacial score (nSPS) is 14.1. The summed E-state index contributed by atoms with van der Waals surface area (Å²) in [6, 6.07) is 7.12. The Bertz CT molecular complexity index is 1410. The van der Waals surface area contributed by atoms with Crippen molar-refractivity contribution in [2.45, 2.75) is 51.6 Å². The molecule has 1 aromatic carbocycles. The van der Waals surface area contributed by atoms with E-state index in [0.29, 0.717) is 39.4 Å². The van der Waals surface area contributed by atoms with Gasteiger partial charge in [-0.3, -0.25) is 4.79 Å². The van der Waals surface area contributed by atoms with Crippen molar-refractivity contribution in [1.29, 1.82) is 0 Å². The SMILES string of the molecule is Cc1ccn2c(CC(=O)O)cc(-c3ccc(C(F)(F)F)cc3Cc3c(C)noc3C3CC3)c2n1. The maximum absolute atomic E-state index is 13.6. The molecule has 3 aromatic heterocycles. The summed E-state index contributed by atoms with van der Waals surface area (Å²) in [4.78, 5) is 16.0. The molecule has 0 aliphatic heterocycles. The van der Waals surface area contributed by atoms with E-state index >= 15 is 0 Å². The first-order valence-corrected chi connectivity index (χ1v) is 11.0. The molecule has 0 unspecified atom stereocenters.